The maximum atomic E-state index is 11.8. The predicted octanol–water partition coefficient (Wildman–Crippen LogP) is 0.857. The Bertz CT molecular complexity index is 361. The highest BCUT2D eigenvalue weighted by molar-refractivity contribution is 5.92. The van der Waals surface area contributed by atoms with E-state index in [1.165, 1.54) is 17.2 Å². The van der Waals surface area contributed by atoms with Crippen molar-refractivity contribution in [1.29, 1.82) is 0 Å². The van der Waals surface area contributed by atoms with Gasteiger partial charge < -0.3 is 14.5 Å². The minimum Gasteiger partial charge on any atom is -0.481 e. The zero-order chi connectivity index (χ0) is 12.1. The normalized spacial score (nSPS) is 12.1. The summed E-state index contributed by atoms with van der Waals surface area (Å²) in [6, 6.07) is 1.45. The van der Waals surface area contributed by atoms with Crippen molar-refractivity contribution in [2.45, 2.75) is 13.8 Å². The van der Waals surface area contributed by atoms with Crippen LogP contribution >= 0.6 is 0 Å². The molecule has 0 aliphatic heterocycles. The number of hydrogen-bond donors (Lipinski definition) is 1. The molecule has 0 bridgehead atoms. The van der Waals surface area contributed by atoms with Crippen LogP contribution in [0.2, 0.25) is 0 Å². The summed E-state index contributed by atoms with van der Waals surface area (Å²) < 4.78 is 4.57. The highest BCUT2D eigenvalue weighted by Gasteiger charge is 2.21. The Morgan fingerprint density at radius 2 is 2.31 bits per heavy atom. The largest absolute Gasteiger partial charge is 0.481 e. The summed E-state index contributed by atoms with van der Waals surface area (Å²) in [6.07, 6.45) is 1.31. The van der Waals surface area contributed by atoms with Crippen molar-refractivity contribution >= 4 is 11.9 Å². The van der Waals surface area contributed by atoms with Crippen molar-refractivity contribution < 1.29 is 19.2 Å². The molecule has 0 radical (unpaired) electrons. The molecule has 0 spiro atoms. The van der Waals surface area contributed by atoms with Gasteiger partial charge in [-0.1, -0.05) is 12.1 Å². The van der Waals surface area contributed by atoms with E-state index in [0.717, 1.165) is 0 Å². The van der Waals surface area contributed by atoms with Crippen LogP contribution in [0, 0.1) is 5.92 Å². The van der Waals surface area contributed by atoms with Gasteiger partial charge >= 0.3 is 5.97 Å². The topological polar surface area (TPSA) is 83.6 Å². The molecule has 1 unspecified atom stereocenters. The minimum absolute atomic E-state index is 0.164. The Kier molecular flexibility index (Phi) is 4.04. The van der Waals surface area contributed by atoms with Gasteiger partial charge in [0.25, 0.3) is 5.91 Å². The van der Waals surface area contributed by atoms with Gasteiger partial charge in [0, 0.05) is 19.2 Å². The Morgan fingerprint density at radius 3 is 2.75 bits per heavy atom. The first-order valence-electron chi connectivity index (χ1n) is 4.98. The summed E-state index contributed by atoms with van der Waals surface area (Å²) in [7, 11) is 0. The van der Waals surface area contributed by atoms with E-state index in [2.05, 4.69) is 9.68 Å². The number of rotatable bonds is 5. The van der Waals surface area contributed by atoms with Gasteiger partial charge in [-0.15, -0.1) is 0 Å². The van der Waals surface area contributed by atoms with E-state index in [-0.39, 0.29) is 18.1 Å². The molecule has 16 heavy (non-hydrogen) atoms. The average molecular weight is 226 g/mol. The molecule has 1 amide bonds. The summed E-state index contributed by atoms with van der Waals surface area (Å²) in [6.45, 7) is 3.94. The third-order valence-corrected chi connectivity index (χ3v) is 2.24. The molecule has 88 valence electrons. The maximum absolute atomic E-state index is 11.8. The van der Waals surface area contributed by atoms with Crippen molar-refractivity contribution in [3.8, 4) is 0 Å². The van der Waals surface area contributed by atoms with Crippen LogP contribution in [-0.4, -0.2) is 40.1 Å². The predicted molar refractivity (Wildman–Crippen MR) is 54.9 cm³/mol. The fourth-order valence-corrected chi connectivity index (χ4v) is 1.25. The summed E-state index contributed by atoms with van der Waals surface area (Å²) in [5.41, 5.74) is 0.194. The lowest BCUT2D eigenvalue weighted by molar-refractivity contribution is -0.141. The van der Waals surface area contributed by atoms with Crippen molar-refractivity contribution in [3.63, 3.8) is 0 Å². The number of carbonyl (C=O) groups is 2. The molecule has 6 heteroatoms. The van der Waals surface area contributed by atoms with E-state index in [9.17, 15) is 9.59 Å². The molecule has 1 heterocycles. The quantitative estimate of drug-likeness (QED) is 0.804. The van der Waals surface area contributed by atoms with Crippen molar-refractivity contribution in [1.82, 2.24) is 10.1 Å². The monoisotopic (exact) mass is 226 g/mol. The van der Waals surface area contributed by atoms with E-state index in [1.54, 1.807) is 13.8 Å². The second-order valence-corrected chi connectivity index (χ2v) is 3.47. The number of carbonyl (C=O) groups excluding carboxylic acids is 1. The fourth-order valence-electron chi connectivity index (χ4n) is 1.25. The van der Waals surface area contributed by atoms with Crippen LogP contribution in [0.15, 0.2) is 16.9 Å². The molecule has 0 aromatic carbocycles. The molecule has 0 aliphatic rings. The number of nitrogens with zero attached hydrogens (tertiary/aromatic N) is 2. The number of amides is 1. The molecule has 1 aromatic heterocycles. The van der Waals surface area contributed by atoms with E-state index in [4.69, 9.17) is 5.11 Å². The van der Waals surface area contributed by atoms with Gasteiger partial charge in [-0.3, -0.25) is 9.59 Å². The van der Waals surface area contributed by atoms with Crippen molar-refractivity contribution in [3.05, 3.63) is 18.0 Å². The second-order valence-electron chi connectivity index (χ2n) is 3.47. The summed E-state index contributed by atoms with van der Waals surface area (Å²) in [4.78, 5) is 23.9. The molecule has 1 N–H and O–H groups in total. The molecular formula is C10H14N2O4. The van der Waals surface area contributed by atoms with Crippen LogP contribution in [-0.2, 0) is 4.79 Å². The number of aliphatic carboxylic acids is 1. The van der Waals surface area contributed by atoms with Crippen LogP contribution in [0.5, 0.6) is 0 Å². The first-order valence-corrected chi connectivity index (χ1v) is 4.98. The summed E-state index contributed by atoms with van der Waals surface area (Å²) in [5, 5.41) is 12.3. The first-order chi connectivity index (χ1) is 7.56. The Hall–Kier alpha value is -1.85. The molecule has 1 aromatic rings. The SMILES string of the molecule is CCN(CC(C)C(=O)O)C(=O)c1ccon1. The van der Waals surface area contributed by atoms with Gasteiger partial charge in [-0.25, -0.2) is 0 Å². The molecule has 0 aliphatic carbocycles. The number of hydrogen-bond acceptors (Lipinski definition) is 4. The molecule has 1 rings (SSSR count). The van der Waals surface area contributed by atoms with Gasteiger partial charge in [-0.05, 0) is 6.92 Å². The van der Waals surface area contributed by atoms with Crippen molar-refractivity contribution in [2.75, 3.05) is 13.1 Å². The Balaban J connectivity index is 2.68. The average Bonchev–Trinajstić information content (AvgIpc) is 2.77. The molecular weight excluding hydrogens is 212 g/mol. The third kappa shape index (κ3) is 2.82. The van der Waals surface area contributed by atoms with Crippen LogP contribution in [0.3, 0.4) is 0 Å². The van der Waals surface area contributed by atoms with E-state index in [1.807, 2.05) is 0 Å². The van der Waals surface area contributed by atoms with Gasteiger partial charge in [-0.2, -0.15) is 0 Å². The molecule has 0 saturated heterocycles. The standard InChI is InChI=1S/C10H14N2O4/c1-3-12(6-7(2)10(14)15)9(13)8-4-5-16-11-8/h4-5,7H,3,6H2,1-2H3,(H,14,15). The second kappa shape index (κ2) is 5.29. The van der Waals surface area contributed by atoms with Gasteiger partial charge in [0.15, 0.2) is 5.69 Å². The zero-order valence-electron chi connectivity index (χ0n) is 9.21. The number of carboxylic acid groups (broad SMARTS) is 1. The van der Waals surface area contributed by atoms with Gasteiger partial charge in [0.2, 0.25) is 0 Å². The first kappa shape index (κ1) is 12.2. The summed E-state index contributed by atoms with van der Waals surface area (Å²) >= 11 is 0. The Morgan fingerprint density at radius 1 is 1.62 bits per heavy atom. The lowest BCUT2D eigenvalue weighted by Gasteiger charge is -2.21. The zero-order valence-corrected chi connectivity index (χ0v) is 9.21. The van der Waals surface area contributed by atoms with E-state index >= 15 is 0 Å². The van der Waals surface area contributed by atoms with Crippen molar-refractivity contribution in [2.24, 2.45) is 5.92 Å². The van der Waals surface area contributed by atoms with Gasteiger partial charge in [0.1, 0.15) is 6.26 Å². The smallest absolute Gasteiger partial charge is 0.308 e. The molecule has 0 saturated carbocycles. The molecule has 0 fully saturated rings. The number of carboxylic acids is 1. The minimum atomic E-state index is -0.925. The lowest BCUT2D eigenvalue weighted by Crippen LogP contribution is -2.36. The van der Waals surface area contributed by atoms with Crippen LogP contribution in [0.25, 0.3) is 0 Å². The lowest BCUT2D eigenvalue weighted by atomic mass is 10.1. The summed E-state index contributed by atoms with van der Waals surface area (Å²) in [5.74, 6) is -1.84. The Labute approximate surface area is 92.8 Å². The van der Waals surface area contributed by atoms with E-state index < -0.39 is 11.9 Å². The maximum Gasteiger partial charge on any atom is 0.308 e. The van der Waals surface area contributed by atoms with Crippen LogP contribution < -0.4 is 0 Å². The van der Waals surface area contributed by atoms with Gasteiger partial charge in [0.05, 0.1) is 5.92 Å². The third-order valence-electron chi connectivity index (χ3n) is 2.24. The fraction of sp³-hybridized carbons (Fsp3) is 0.500. The number of aromatic nitrogens is 1. The van der Waals surface area contributed by atoms with Crippen LogP contribution in [0.1, 0.15) is 24.3 Å². The van der Waals surface area contributed by atoms with E-state index in [0.29, 0.717) is 6.54 Å². The van der Waals surface area contributed by atoms with Crippen LogP contribution in [0.4, 0.5) is 0 Å². The highest BCUT2D eigenvalue weighted by Crippen LogP contribution is 2.06. The molecule has 1 atom stereocenters. The molecule has 6 nitrogen and oxygen atoms in total. The highest BCUT2D eigenvalue weighted by atomic mass is 16.5.